The van der Waals surface area contributed by atoms with Crippen molar-refractivity contribution in [3.63, 3.8) is 0 Å². The maximum Gasteiger partial charge on any atom is 0.123 e. The normalized spacial score (nSPS) is 10.4. The molecule has 0 bridgehead atoms. The van der Waals surface area contributed by atoms with E-state index in [-0.39, 0.29) is 0 Å². The first-order chi connectivity index (χ1) is 7.75. The average Bonchev–Trinajstić information content (AvgIpc) is 2.76. The molecular formula is C13H13ClOS. The molecule has 0 saturated heterocycles. The predicted molar refractivity (Wildman–Crippen MR) is 69.7 cm³/mol. The zero-order valence-corrected chi connectivity index (χ0v) is 10.6. The summed E-state index contributed by atoms with van der Waals surface area (Å²) in [5.41, 5.74) is 1.12. The molecule has 1 nitrogen and oxygen atoms in total. The molecule has 0 spiro atoms. The summed E-state index contributed by atoms with van der Waals surface area (Å²) in [5, 5.41) is 2.80. The van der Waals surface area contributed by atoms with Gasteiger partial charge in [0.25, 0.3) is 0 Å². The zero-order chi connectivity index (χ0) is 11.4. The van der Waals surface area contributed by atoms with Crippen molar-refractivity contribution >= 4 is 22.9 Å². The van der Waals surface area contributed by atoms with Gasteiger partial charge in [-0.3, -0.25) is 0 Å². The lowest BCUT2D eigenvalue weighted by atomic mass is 10.2. The minimum atomic E-state index is 0.696. The molecule has 2 rings (SSSR count). The molecule has 0 aliphatic carbocycles. The monoisotopic (exact) mass is 252 g/mol. The van der Waals surface area contributed by atoms with Crippen molar-refractivity contribution in [1.29, 1.82) is 0 Å². The number of rotatable bonds is 4. The van der Waals surface area contributed by atoms with Crippen LogP contribution in [-0.2, 0) is 6.42 Å². The van der Waals surface area contributed by atoms with Gasteiger partial charge in [-0.15, -0.1) is 11.3 Å². The molecule has 1 heterocycles. The fourth-order valence-electron chi connectivity index (χ4n) is 1.45. The van der Waals surface area contributed by atoms with Gasteiger partial charge in [0.05, 0.1) is 6.61 Å². The van der Waals surface area contributed by atoms with E-state index in [1.165, 1.54) is 4.88 Å². The molecule has 84 valence electrons. The van der Waals surface area contributed by atoms with Gasteiger partial charge in [0.2, 0.25) is 0 Å². The van der Waals surface area contributed by atoms with Crippen LogP contribution in [0.15, 0.2) is 35.7 Å². The Labute approximate surface area is 105 Å². The van der Waals surface area contributed by atoms with Gasteiger partial charge in [0.1, 0.15) is 5.75 Å². The highest BCUT2D eigenvalue weighted by Gasteiger charge is 2.01. The summed E-state index contributed by atoms with van der Waals surface area (Å²) in [6.07, 6.45) is 0.948. The Balaban J connectivity index is 1.92. The van der Waals surface area contributed by atoms with Crippen molar-refractivity contribution in [3.05, 3.63) is 51.2 Å². The van der Waals surface area contributed by atoms with Crippen molar-refractivity contribution in [2.75, 3.05) is 6.61 Å². The van der Waals surface area contributed by atoms with Crippen LogP contribution in [0.1, 0.15) is 10.4 Å². The fourth-order valence-corrected chi connectivity index (χ4v) is 2.30. The van der Waals surface area contributed by atoms with Gasteiger partial charge in [-0.05, 0) is 36.1 Å². The van der Waals surface area contributed by atoms with Gasteiger partial charge in [-0.25, -0.2) is 0 Å². The topological polar surface area (TPSA) is 9.23 Å². The van der Waals surface area contributed by atoms with Crippen LogP contribution in [0, 0.1) is 6.92 Å². The molecule has 0 saturated carbocycles. The van der Waals surface area contributed by atoms with Gasteiger partial charge in [0.15, 0.2) is 0 Å². The first kappa shape index (κ1) is 11.5. The van der Waals surface area contributed by atoms with Crippen molar-refractivity contribution in [2.45, 2.75) is 13.3 Å². The van der Waals surface area contributed by atoms with Crippen LogP contribution in [-0.4, -0.2) is 6.61 Å². The van der Waals surface area contributed by atoms with Crippen molar-refractivity contribution < 1.29 is 4.74 Å². The van der Waals surface area contributed by atoms with Crippen molar-refractivity contribution in [2.24, 2.45) is 0 Å². The van der Waals surface area contributed by atoms with E-state index in [0.717, 1.165) is 22.8 Å². The second-order valence-corrected chi connectivity index (χ2v) is 5.06. The predicted octanol–water partition coefficient (Wildman–Crippen LogP) is 4.33. The second-order valence-electron chi connectivity index (χ2n) is 3.59. The van der Waals surface area contributed by atoms with Crippen LogP contribution in [0.25, 0.3) is 0 Å². The molecule has 0 radical (unpaired) electrons. The van der Waals surface area contributed by atoms with Gasteiger partial charge in [0, 0.05) is 16.3 Å². The maximum absolute atomic E-state index is 5.92. The van der Waals surface area contributed by atoms with Crippen LogP contribution in [0.2, 0.25) is 5.02 Å². The molecule has 0 N–H and O–H groups in total. The first-order valence-corrected chi connectivity index (χ1v) is 6.43. The first-order valence-electron chi connectivity index (χ1n) is 5.17. The Bertz CT molecular complexity index is 451. The Kier molecular flexibility index (Phi) is 3.86. The van der Waals surface area contributed by atoms with E-state index in [0.29, 0.717) is 6.61 Å². The van der Waals surface area contributed by atoms with Crippen molar-refractivity contribution in [1.82, 2.24) is 0 Å². The quantitative estimate of drug-likeness (QED) is 0.787. The second kappa shape index (κ2) is 5.37. The summed E-state index contributed by atoms with van der Waals surface area (Å²) >= 11 is 7.68. The number of ether oxygens (including phenoxy) is 1. The molecule has 1 aromatic heterocycles. The summed E-state index contributed by atoms with van der Waals surface area (Å²) in [6, 6.07) is 9.90. The van der Waals surface area contributed by atoms with Crippen LogP contribution < -0.4 is 4.74 Å². The number of thiophene rings is 1. The third-order valence-corrected chi connectivity index (χ3v) is 3.51. The zero-order valence-electron chi connectivity index (χ0n) is 9.07. The third-order valence-electron chi connectivity index (χ3n) is 2.34. The van der Waals surface area contributed by atoms with Crippen LogP contribution >= 0.6 is 22.9 Å². The number of benzene rings is 1. The van der Waals surface area contributed by atoms with E-state index in [4.69, 9.17) is 16.3 Å². The summed E-state index contributed by atoms with van der Waals surface area (Å²) in [4.78, 5) is 1.35. The molecular weight excluding hydrogens is 240 g/mol. The summed E-state index contributed by atoms with van der Waals surface area (Å²) < 4.78 is 5.71. The highest BCUT2D eigenvalue weighted by Crippen LogP contribution is 2.22. The Morgan fingerprint density at radius 1 is 1.31 bits per heavy atom. The van der Waals surface area contributed by atoms with Gasteiger partial charge in [-0.1, -0.05) is 23.7 Å². The maximum atomic E-state index is 5.92. The van der Waals surface area contributed by atoms with E-state index in [2.05, 4.69) is 17.5 Å². The van der Waals surface area contributed by atoms with E-state index in [1.54, 1.807) is 11.3 Å². The van der Waals surface area contributed by atoms with E-state index in [9.17, 15) is 0 Å². The minimum absolute atomic E-state index is 0.696. The fraction of sp³-hybridized carbons (Fsp3) is 0.231. The largest absolute Gasteiger partial charge is 0.493 e. The highest BCUT2D eigenvalue weighted by molar-refractivity contribution is 7.09. The lowest BCUT2D eigenvalue weighted by Crippen LogP contribution is -2.01. The molecule has 16 heavy (non-hydrogen) atoms. The number of aryl methyl sites for hydroxylation is 1. The molecule has 0 amide bonds. The Morgan fingerprint density at radius 2 is 2.19 bits per heavy atom. The highest BCUT2D eigenvalue weighted by atomic mass is 35.5. The van der Waals surface area contributed by atoms with E-state index < -0.39 is 0 Å². The Morgan fingerprint density at radius 3 is 2.94 bits per heavy atom. The van der Waals surface area contributed by atoms with Crippen LogP contribution in [0.3, 0.4) is 0 Å². The molecule has 0 atom stereocenters. The minimum Gasteiger partial charge on any atom is -0.493 e. The van der Waals surface area contributed by atoms with Gasteiger partial charge in [-0.2, -0.15) is 0 Å². The summed E-state index contributed by atoms with van der Waals surface area (Å²) in [6.45, 7) is 2.72. The number of hydrogen-bond acceptors (Lipinski definition) is 2. The average molecular weight is 253 g/mol. The van der Waals surface area contributed by atoms with E-state index >= 15 is 0 Å². The number of hydrogen-bond donors (Lipinski definition) is 0. The van der Waals surface area contributed by atoms with Gasteiger partial charge < -0.3 is 4.74 Å². The van der Waals surface area contributed by atoms with Crippen LogP contribution in [0.4, 0.5) is 0 Å². The van der Waals surface area contributed by atoms with Gasteiger partial charge >= 0.3 is 0 Å². The lowest BCUT2D eigenvalue weighted by Gasteiger charge is -2.08. The summed E-state index contributed by atoms with van der Waals surface area (Å²) in [7, 11) is 0. The molecule has 0 fully saturated rings. The SMILES string of the molecule is Cc1ccc(Cl)cc1OCCc1cccs1. The van der Waals surface area contributed by atoms with Crippen molar-refractivity contribution in [3.8, 4) is 5.75 Å². The molecule has 1 aromatic carbocycles. The smallest absolute Gasteiger partial charge is 0.123 e. The molecule has 3 heteroatoms. The standard InChI is InChI=1S/C13H13ClOS/c1-10-4-5-11(14)9-13(10)15-7-6-12-3-2-8-16-12/h2-5,8-9H,6-7H2,1H3. The summed E-state index contributed by atoms with van der Waals surface area (Å²) in [5.74, 6) is 0.879. The van der Waals surface area contributed by atoms with Crippen LogP contribution in [0.5, 0.6) is 5.75 Å². The lowest BCUT2D eigenvalue weighted by molar-refractivity contribution is 0.321. The third kappa shape index (κ3) is 3.00. The molecule has 2 aromatic rings. The molecule has 0 aliphatic heterocycles. The molecule has 0 unspecified atom stereocenters. The van der Waals surface area contributed by atoms with E-state index in [1.807, 2.05) is 25.1 Å². The molecule has 0 aliphatic rings. The Hall–Kier alpha value is -0.990. The number of halogens is 1.